The topological polar surface area (TPSA) is 62.4 Å². The average Bonchev–Trinajstić information content (AvgIpc) is 3.53. The number of aromatic nitrogens is 1. The zero-order valence-corrected chi connectivity index (χ0v) is 15.8. The Hall–Kier alpha value is -2.14. The van der Waals surface area contributed by atoms with Crippen LogP contribution in [0.3, 0.4) is 0 Å². The molecule has 0 spiro atoms. The van der Waals surface area contributed by atoms with E-state index in [0.717, 1.165) is 72.8 Å². The Balaban J connectivity index is 1.34. The minimum atomic E-state index is -0.00190. The molecule has 5 rings (SSSR count). The molecule has 1 saturated carbocycles. The molecule has 0 bridgehead atoms. The quantitative estimate of drug-likeness (QED) is 0.889. The van der Waals surface area contributed by atoms with E-state index in [1.807, 2.05) is 17.0 Å². The molecule has 1 unspecified atom stereocenters. The molecule has 5 nitrogen and oxygen atoms in total. The average molecular weight is 366 g/mol. The second kappa shape index (κ2) is 6.48. The fraction of sp³-hybridized carbons (Fsp3) is 0.545. The standard InChI is InChI=1S/C22H26N2O3/c1-13-3-2-4-16-20(13)17-12-27-19(11-18(17)23-21(16)25)14-7-9-24(10-8-14)22(26)15-5-6-15/h2-4,14-15,19H,5-12H2,1H3,(H,23,25). The lowest BCUT2D eigenvalue weighted by Crippen LogP contribution is -2.43. The van der Waals surface area contributed by atoms with Crippen molar-refractivity contribution >= 4 is 16.7 Å². The van der Waals surface area contributed by atoms with Gasteiger partial charge in [-0.1, -0.05) is 12.1 Å². The number of amides is 1. The molecule has 1 aromatic heterocycles. The first-order valence-electron chi connectivity index (χ1n) is 10.2. The fourth-order valence-corrected chi connectivity index (χ4v) is 4.86. The monoisotopic (exact) mass is 366 g/mol. The molecule has 1 N–H and O–H groups in total. The van der Waals surface area contributed by atoms with Gasteiger partial charge in [0.25, 0.3) is 5.56 Å². The molecule has 27 heavy (non-hydrogen) atoms. The number of hydrogen-bond donors (Lipinski definition) is 1. The molecule has 142 valence electrons. The van der Waals surface area contributed by atoms with Crippen LogP contribution in [0.25, 0.3) is 10.8 Å². The van der Waals surface area contributed by atoms with Gasteiger partial charge in [-0.15, -0.1) is 0 Å². The van der Waals surface area contributed by atoms with Crippen molar-refractivity contribution in [3.8, 4) is 0 Å². The predicted molar refractivity (Wildman–Crippen MR) is 104 cm³/mol. The molecule has 2 aliphatic heterocycles. The van der Waals surface area contributed by atoms with Crippen LogP contribution in [0.15, 0.2) is 23.0 Å². The number of aromatic amines is 1. The second-order valence-electron chi connectivity index (χ2n) is 8.40. The molecule has 0 radical (unpaired) electrons. The van der Waals surface area contributed by atoms with Crippen LogP contribution >= 0.6 is 0 Å². The van der Waals surface area contributed by atoms with E-state index in [9.17, 15) is 9.59 Å². The summed E-state index contributed by atoms with van der Waals surface area (Å²) < 4.78 is 6.28. The Morgan fingerprint density at radius 2 is 1.96 bits per heavy atom. The first-order valence-corrected chi connectivity index (χ1v) is 10.2. The number of nitrogens with zero attached hydrogens (tertiary/aromatic N) is 1. The lowest BCUT2D eigenvalue weighted by Gasteiger charge is -2.38. The van der Waals surface area contributed by atoms with Crippen molar-refractivity contribution in [3.63, 3.8) is 0 Å². The number of piperidine rings is 1. The van der Waals surface area contributed by atoms with Gasteiger partial charge >= 0.3 is 0 Å². The van der Waals surface area contributed by atoms with Crippen molar-refractivity contribution in [1.82, 2.24) is 9.88 Å². The van der Waals surface area contributed by atoms with E-state index < -0.39 is 0 Å². The number of benzene rings is 1. The fourth-order valence-electron chi connectivity index (χ4n) is 4.86. The summed E-state index contributed by atoms with van der Waals surface area (Å²) in [5.41, 5.74) is 3.30. The molecule has 1 saturated heterocycles. The molecule has 1 atom stereocenters. The SMILES string of the molecule is Cc1cccc2c(=O)[nH]c3c(c12)COC(C1CCN(C(=O)C2CC2)CC1)C3. The van der Waals surface area contributed by atoms with Crippen molar-refractivity contribution < 1.29 is 9.53 Å². The van der Waals surface area contributed by atoms with Crippen molar-refractivity contribution in [2.45, 2.75) is 51.7 Å². The van der Waals surface area contributed by atoms with Gasteiger partial charge < -0.3 is 14.6 Å². The van der Waals surface area contributed by atoms with Gasteiger partial charge in [0.05, 0.1) is 12.7 Å². The second-order valence-corrected chi connectivity index (χ2v) is 8.40. The molecule has 1 aromatic carbocycles. The zero-order chi connectivity index (χ0) is 18.5. The van der Waals surface area contributed by atoms with Crippen LogP contribution in [0.4, 0.5) is 0 Å². The van der Waals surface area contributed by atoms with E-state index in [1.165, 1.54) is 0 Å². The Kier molecular flexibility index (Phi) is 4.08. The highest BCUT2D eigenvalue weighted by Gasteiger charge is 2.37. The van der Waals surface area contributed by atoms with Crippen LogP contribution in [0.5, 0.6) is 0 Å². The largest absolute Gasteiger partial charge is 0.373 e. The van der Waals surface area contributed by atoms with Crippen LogP contribution in [-0.4, -0.2) is 35.0 Å². The number of hydrogen-bond acceptors (Lipinski definition) is 3. The summed E-state index contributed by atoms with van der Waals surface area (Å²) >= 11 is 0. The molecule has 2 aromatic rings. The zero-order valence-electron chi connectivity index (χ0n) is 15.8. The van der Waals surface area contributed by atoms with Crippen molar-refractivity contribution in [1.29, 1.82) is 0 Å². The number of aryl methyl sites for hydroxylation is 1. The molecular weight excluding hydrogens is 340 g/mol. The van der Waals surface area contributed by atoms with E-state index in [0.29, 0.717) is 24.3 Å². The predicted octanol–water partition coefficient (Wildman–Crippen LogP) is 2.93. The summed E-state index contributed by atoms with van der Waals surface area (Å²) in [6.07, 6.45) is 5.03. The van der Waals surface area contributed by atoms with E-state index in [1.54, 1.807) is 0 Å². The number of carbonyl (C=O) groups excluding carboxylic acids is 1. The van der Waals surface area contributed by atoms with E-state index in [4.69, 9.17) is 4.74 Å². The highest BCUT2D eigenvalue weighted by Crippen LogP contribution is 2.35. The number of carbonyl (C=O) groups is 1. The number of likely N-dealkylation sites (tertiary alicyclic amines) is 1. The normalized spacial score (nSPS) is 23.4. The lowest BCUT2D eigenvalue weighted by molar-refractivity contribution is -0.135. The molecule has 2 fully saturated rings. The van der Waals surface area contributed by atoms with E-state index >= 15 is 0 Å². The van der Waals surface area contributed by atoms with Gasteiger partial charge in [0.1, 0.15) is 0 Å². The van der Waals surface area contributed by atoms with E-state index in [2.05, 4.69) is 18.0 Å². The maximum absolute atomic E-state index is 12.5. The van der Waals surface area contributed by atoms with Crippen LogP contribution < -0.4 is 5.56 Å². The van der Waals surface area contributed by atoms with Crippen LogP contribution in [0.2, 0.25) is 0 Å². The molecule has 5 heteroatoms. The molecule has 3 heterocycles. The number of ether oxygens (including phenoxy) is 1. The summed E-state index contributed by atoms with van der Waals surface area (Å²) in [4.78, 5) is 30.0. The number of nitrogens with one attached hydrogen (secondary N) is 1. The van der Waals surface area contributed by atoms with Crippen LogP contribution in [-0.2, 0) is 22.6 Å². The highest BCUT2D eigenvalue weighted by atomic mass is 16.5. The summed E-state index contributed by atoms with van der Waals surface area (Å²) in [6, 6.07) is 5.88. The molecular formula is C22H26N2O3. The van der Waals surface area contributed by atoms with Gasteiger partial charge in [-0.3, -0.25) is 9.59 Å². The Labute approximate surface area is 158 Å². The third-order valence-corrected chi connectivity index (χ3v) is 6.60. The Bertz CT molecular complexity index is 952. The minimum absolute atomic E-state index is 0.00190. The van der Waals surface area contributed by atoms with Gasteiger partial charge in [-0.2, -0.15) is 0 Å². The van der Waals surface area contributed by atoms with Crippen molar-refractivity contribution in [2.24, 2.45) is 11.8 Å². The third-order valence-electron chi connectivity index (χ3n) is 6.60. The van der Waals surface area contributed by atoms with Gasteiger partial charge in [0.2, 0.25) is 5.91 Å². The van der Waals surface area contributed by atoms with Crippen molar-refractivity contribution in [2.75, 3.05) is 13.1 Å². The van der Waals surface area contributed by atoms with Crippen LogP contribution in [0.1, 0.15) is 42.5 Å². The van der Waals surface area contributed by atoms with Gasteiger partial charge in [-0.25, -0.2) is 0 Å². The molecule has 1 aliphatic carbocycles. The first kappa shape index (κ1) is 17.0. The number of fused-ring (bicyclic) bond motifs is 3. The van der Waals surface area contributed by atoms with Gasteiger partial charge in [-0.05, 0) is 55.5 Å². The Morgan fingerprint density at radius 3 is 2.70 bits per heavy atom. The number of pyridine rings is 1. The summed E-state index contributed by atoms with van der Waals surface area (Å²) in [5.74, 6) is 1.12. The number of rotatable bonds is 2. The van der Waals surface area contributed by atoms with Crippen molar-refractivity contribution in [3.05, 3.63) is 45.4 Å². The minimum Gasteiger partial charge on any atom is -0.373 e. The summed E-state index contributed by atoms with van der Waals surface area (Å²) in [7, 11) is 0. The highest BCUT2D eigenvalue weighted by molar-refractivity contribution is 5.88. The summed E-state index contributed by atoms with van der Waals surface area (Å²) in [5, 5.41) is 1.81. The first-order chi connectivity index (χ1) is 13.1. The maximum atomic E-state index is 12.5. The molecule has 3 aliphatic rings. The Morgan fingerprint density at radius 1 is 1.19 bits per heavy atom. The molecule has 1 amide bonds. The third kappa shape index (κ3) is 2.98. The number of H-pyrrole nitrogens is 1. The summed E-state index contributed by atoms with van der Waals surface area (Å²) in [6.45, 7) is 4.31. The van der Waals surface area contributed by atoms with Crippen LogP contribution in [0, 0.1) is 18.8 Å². The van der Waals surface area contributed by atoms with E-state index in [-0.39, 0.29) is 11.7 Å². The van der Waals surface area contributed by atoms with Gasteiger partial charge in [0.15, 0.2) is 0 Å². The maximum Gasteiger partial charge on any atom is 0.256 e. The lowest BCUT2D eigenvalue weighted by atomic mass is 9.85. The smallest absolute Gasteiger partial charge is 0.256 e. The van der Waals surface area contributed by atoms with Gasteiger partial charge in [0, 0.05) is 42.1 Å².